The van der Waals surface area contributed by atoms with Crippen LogP contribution in [-0.2, 0) is 0 Å². The number of ether oxygens (including phenoxy) is 1. The molecule has 1 N–H and O–H groups in total. The minimum atomic E-state index is -0.308. The third-order valence-corrected chi connectivity index (χ3v) is 4.88. The monoisotopic (exact) mass is 421 g/mol. The fourth-order valence-corrected chi connectivity index (χ4v) is 3.17. The molecule has 5 heteroatoms. The molecule has 3 rings (SSSR count). The summed E-state index contributed by atoms with van der Waals surface area (Å²) in [6.45, 7) is 2.81. The fourth-order valence-electron chi connectivity index (χ4n) is 3.00. The molecule has 0 heterocycles. The van der Waals surface area contributed by atoms with E-state index in [0.717, 1.165) is 25.0 Å². The summed E-state index contributed by atoms with van der Waals surface area (Å²) in [4.78, 5) is 25.6. The first-order valence-corrected chi connectivity index (χ1v) is 10.4. The minimum Gasteiger partial charge on any atom is -0.494 e. The van der Waals surface area contributed by atoms with E-state index >= 15 is 0 Å². The highest BCUT2D eigenvalue weighted by atomic mass is 35.5. The average Bonchev–Trinajstić information content (AvgIpc) is 2.78. The molecule has 1 amide bonds. The van der Waals surface area contributed by atoms with E-state index in [4.69, 9.17) is 16.3 Å². The van der Waals surface area contributed by atoms with Crippen LogP contribution in [0.2, 0.25) is 5.02 Å². The van der Waals surface area contributed by atoms with Gasteiger partial charge in [-0.15, -0.1) is 0 Å². The van der Waals surface area contributed by atoms with Gasteiger partial charge in [-0.3, -0.25) is 9.59 Å². The van der Waals surface area contributed by atoms with E-state index in [0.29, 0.717) is 34.0 Å². The van der Waals surface area contributed by atoms with Gasteiger partial charge < -0.3 is 10.1 Å². The van der Waals surface area contributed by atoms with Gasteiger partial charge in [-0.05, 0) is 48.9 Å². The molecule has 0 atom stereocenters. The predicted molar refractivity (Wildman–Crippen MR) is 121 cm³/mol. The van der Waals surface area contributed by atoms with E-state index in [1.807, 2.05) is 6.07 Å². The Morgan fingerprint density at radius 1 is 0.900 bits per heavy atom. The van der Waals surface area contributed by atoms with Crippen LogP contribution < -0.4 is 10.1 Å². The first-order chi connectivity index (χ1) is 14.6. The number of hydrogen-bond donors (Lipinski definition) is 1. The number of hydrogen-bond acceptors (Lipinski definition) is 3. The molecule has 0 fully saturated rings. The standard InChI is InChI=1S/C25H24ClNO3/c1-2-3-7-16-30-21-13-10-19(11-14-21)25(29)27-23-15-12-20(26)17-22(23)24(28)18-8-5-4-6-9-18/h4-6,8-15,17H,2-3,7,16H2,1H3,(H,27,29). The van der Waals surface area contributed by atoms with E-state index in [2.05, 4.69) is 12.2 Å². The third-order valence-electron chi connectivity index (χ3n) is 4.64. The molecule has 0 spiro atoms. The summed E-state index contributed by atoms with van der Waals surface area (Å²) in [5.74, 6) is 0.218. The molecule has 0 aliphatic heterocycles. The zero-order chi connectivity index (χ0) is 21.3. The Morgan fingerprint density at radius 3 is 2.33 bits per heavy atom. The Labute approximate surface area is 181 Å². The second-order valence-corrected chi connectivity index (χ2v) is 7.36. The lowest BCUT2D eigenvalue weighted by Crippen LogP contribution is -2.15. The minimum absolute atomic E-state index is 0.204. The van der Waals surface area contributed by atoms with Crippen LogP contribution in [-0.4, -0.2) is 18.3 Å². The molecular weight excluding hydrogens is 398 g/mol. The molecule has 0 unspecified atom stereocenters. The quantitative estimate of drug-likeness (QED) is 0.321. The maximum absolute atomic E-state index is 12.9. The Bertz CT molecular complexity index is 1000. The van der Waals surface area contributed by atoms with Crippen LogP contribution in [0.25, 0.3) is 0 Å². The molecule has 0 aliphatic rings. The van der Waals surface area contributed by atoms with Crippen molar-refractivity contribution in [2.75, 3.05) is 11.9 Å². The zero-order valence-electron chi connectivity index (χ0n) is 16.9. The van der Waals surface area contributed by atoms with Gasteiger partial charge in [0.2, 0.25) is 0 Å². The van der Waals surface area contributed by atoms with Crippen molar-refractivity contribution in [1.29, 1.82) is 0 Å². The third kappa shape index (κ3) is 5.71. The van der Waals surface area contributed by atoms with Crippen LogP contribution in [0.3, 0.4) is 0 Å². The SMILES string of the molecule is CCCCCOc1ccc(C(=O)Nc2ccc(Cl)cc2C(=O)c2ccccc2)cc1. The molecule has 0 aromatic heterocycles. The fraction of sp³-hybridized carbons (Fsp3) is 0.200. The number of amides is 1. The van der Waals surface area contributed by atoms with Crippen molar-refractivity contribution in [3.8, 4) is 5.75 Å². The molecule has 3 aromatic rings. The van der Waals surface area contributed by atoms with Crippen molar-refractivity contribution in [2.24, 2.45) is 0 Å². The van der Waals surface area contributed by atoms with Crippen LogP contribution in [0.15, 0.2) is 72.8 Å². The number of anilines is 1. The first-order valence-electron chi connectivity index (χ1n) is 10.0. The number of rotatable bonds is 9. The smallest absolute Gasteiger partial charge is 0.255 e. The van der Waals surface area contributed by atoms with Crippen LogP contribution in [0.4, 0.5) is 5.69 Å². The van der Waals surface area contributed by atoms with Crippen molar-refractivity contribution < 1.29 is 14.3 Å². The average molecular weight is 422 g/mol. The number of carbonyl (C=O) groups is 2. The summed E-state index contributed by atoms with van der Waals surface area (Å²) < 4.78 is 5.68. The van der Waals surface area contributed by atoms with Crippen molar-refractivity contribution >= 4 is 29.0 Å². The number of nitrogens with one attached hydrogen (secondary N) is 1. The molecule has 0 saturated carbocycles. The first kappa shape index (κ1) is 21.6. The molecule has 0 aliphatic carbocycles. The van der Waals surface area contributed by atoms with Crippen LogP contribution in [0.5, 0.6) is 5.75 Å². The Balaban J connectivity index is 1.73. The lowest BCUT2D eigenvalue weighted by molar-refractivity contribution is 0.102. The largest absolute Gasteiger partial charge is 0.494 e. The summed E-state index contributed by atoms with van der Waals surface area (Å²) in [7, 11) is 0. The Hall–Kier alpha value is -3.11. The molecule has 0 radical (unpaired) electrons. The van der Waals surface area contributed by atoms with Gasteiger partial charge in [-0.25, -0.2) is 0 Å². The normalized spacial score (nSPS) is 10.5. The van der Waals surface area contributed by atoms with E-state index in [1.54, 1.807) is 66.7 Å². The molecule has 154 valence electrons. The van der Waals surface area contributed by atoms with Crippen LogP contribution in [0, 0.1) is 0 Å². The zero-order valence-corrected chi connectivity index (χ0v) is 17.6. The highest BCUT2D eigenvalue weighted by Crippen LogP contribution is 2.24. The van der Waals surface area contributed by atoms with Gasteiger partial charge in [-0.2, -0.15) is 0 Å². The van der Waals surface area contributed by atoms with Crippen molar-refractivity contribution in [3.05, 3.63) is 94.5 Å². The van der Waals surface area contributed by atoms with Gasteiger partial charge in [0.15, 0.2) is 5.78 Å². The van der Waals surface area contributed by atoms with E-state index in [-0.39, 0.29) is 11.7 Å². The van der Waals surface area contributed by atoms with Crippen LogP contribution in [0.1, 0.15) is 52.5 Å². The van der Waals surface area contributed by atoms with Crippen LogP contribution >= 0.6 is 11.6 Å². The molecule has 3 aromatic carbocycles. The number of carbonyl (C=O) groups excluding carboxylic acids is 2. The summed E-state index contributed by atoms with van der Waals surface area (Å²) in [5, 5.41) is 3.25. The summed E-state index contributed by atoms with van der Waals surface area (Å²) in [5.41, 5.74) is 1.76. The molecule has 4 nitrogen and oxygen atoms in total. The highest BCUT2D eigenvalue weighted by molar-refractivity contribution is 6.31. The van der Waals surface area contributed by atoms with Gasteiger partial charge >= 0.3 is 0 Å². The number of unbranched alkanes of at least 4 members (excludes halogenated alkanes) is 2. The van der Waals surface area contributed by atoms with Gasteiger partial charge in [0.1, 0.15) is 5.75 Å². The molecule has 0 bridgehead atoms. The number of benzene rings is 3. The summed E-state index contributed by atoms with van der Waals surface area (Å²) >= 11 is 6.10. The number of halogens is 1. The van der Waals surface area contributed by atoms with E-state index in [1.165, 1.54) is 0 Å². The molecular formula is C25H24ClNO3. The topological polar surface area (TPSA) is 55.4 Å². The maximum atomic E-state index is 12.9. The van der Waals surface area contributed by atoms with Gasteiger partial charge in [0.25, 0.3) is 5.91 Å². The van der Waals surface area contributed by atoms with Gasteiger partial charge in [0, 0.05) is 21.7 Å². The number of ketones is 1. The second kappa shape index (κ2) is 10.6. The molecule has 30 heavy (non-hydrogen) atoms. The Morgan fingerprint density at radius 2 is 1.63 bits per heavy atom. The van der Waals surface area contributed by atoms with E-state index in [9.17, 15) is 9.59 Å². The lowest BCUT2D eigenvalue weighted by atomic mass is 10.0. The van der Waals surface area contributed by atoms with Crippen molar-refractivity contribution in [3.63, 3.8) is 0 Å². The van der Waals surface area contributed by atoms with Gasteiger partial charge in [-0.1, -0.05) is 61.7 Å². The van der Waals surface area contributed by atoms with Gasteiger partial charge in [0.05, 0.1) is 12.3 Å². The maximum Gasteiger partial charge on any atom is 0.255 e. The highest BCUT2D eigenvalue weighted by Gasteiger charge is 2.16. The predicted octanol–water partition coefficient (Wildman–Crippen LogP) is 6.39. The van der Waals surface area contributed by atoms with E-state index < -0.39 is 0 Å². The van der Waals surface area contributed by atoms with Crippen molar-refractivity contribution in [2.45, 2.75) is 26.2 Å². The Kier molecular flexibility index (Phi) is 7.63. The molecule has 0 saturated heterocycles. The summed E-state index contributed by atoms with van der Waals surface area (Å²) in [6, 6.07) is 20.7. The second-order valence-electron chi connectivity index (χ2n) is 6.92. The summed E-state index contributed by atoms with van der Waals surface area (Å²) in [6.07, 6.45) is 3.28. The van der Waals surface area contributed by atoms with Crippen molar-refractivity contribution in [1.82, 2.24) is 0 Å². The lowest BCUT2D eigenvalue weighted by Gasteiger charge is -2.12.